The summed E-state index contributed by atoms with van der Waals surface area (Å²) in [6.45, 7) is 1.55. The molecule has 0 saturated carbocycles. The predicted octanol–water partition coefficient (Wildman–Crippen LogP) is 4.40. The van der Waals surface area contributed by atoms with Gasteiger partial charge in [-0.05, 0) is 43.3 Å². The Morgan fingerprint density at radius 2 is 1.82 bits per heavy atom. The molecular formula is C20H17ClFN3O3. The molecule has 1 N–H and O–H groups in total. The fourth-order valence-electron chi connectivity index (χ4n) is 2.68. The van der Waals surface area contributed by atoms with Gasteiger partial charge in [0.05, 0.1) is 10.6 Å². The largest absolute Gasteiger partial charge is 0.360 e. The highest BCUT2D eigenvalue weighted by atomic mass is 35.5. The van der Waals surface area contributed by atoms with Crippen LogP contribution in [0.3, 0.4) is 0 Å². The lowest BCUT2D eigenvalue weighted by atomic mass is 10.0. The second kappa shape index (κ2) is 7.82. The number of halogens is 2. The maximum Gasteiger partial charge on any atom is 0.261 e. The van der Waals surface area contributed by atoms with Gasteiger partial charge in [-0.25, -0.2) is 4.39 Å². The third-order valence-electron chi connectivity index (χ3n) is 4.09. The van der Waals surface area contributed by atoms with Gasteiger partial charge in [0.25, 0.3) is 11.8 Å². The molecule has 1 heterocycles. The number of amides is 2. The van der Waals surface area contributed by atoms with E-state index in [0.717, 1.165) is 0 Å². The topological polar surface area (TPSA) is 75.4 Å². The Hall–Kier alpha value is -3.19. The molecule has 6 nitrogen and oxygen atoms in total. The van der Waals surface area contributed by atoms with Gasteiger partial charge in [-0.3, -0.25) is 9.59 Å². The minimum atomic E-state index is -0.610. The molecule has 3 aromatic rings. The summed E-state index contributed by atoms with van der Waals surface area (Å²) in [5.74, 6) is -1.06. The molecule has 0 unspecified atom stereocenters. The molecule has 0 atom stereocenters. The Balaban J connectivity index is 1.90. The molecule has 3 rings (SSSR count). The SMILES string of the molecule is Cc1onc(-c2c(F)cccc2Cl)c1C(=O)Nc1ccc(C(=O)N(C)C)cc1. The van der Waals surface area contributed by atoms with Crippen LogP contribution in [0.25, 0.3) is 11.3 Å². The molecule has 0 aliphatic carbocycles. The summed E-state index contributed by atoms with van der Waals surface area (Å²) < 4.78 is 19.4. The van der Waals surface area contributed by atoms with Crippen molar-refractivity contribution < 1.29 is 18.5 Å². The quantitative estimate of drug-likeness (QED) is 0.703. The third kappa shape index (κ3) is 3.75. The van der Waals surface area contributed by atoms with Gasteiger partial charge in [0.15, 0.2) is 0 Å². The third-order valence-corrected chi connectivity index (χ3v) is 4.40. The maximum atomic E-state index is 14.3. The van der Waals surface area contributed by atoms with Crippen LogP contribution in [0.5, 0.6) is 0 Å². The number of carbonyl (C=O) groups excluding carboxylic acids is 2. The molecule has 8 heteroatoms. The highest BCUT2D eigenvalue weighted by molar-refractivity contribution is 6.33. The molecule has 144 valence electrons. The second-order valence-electron chi connectivity index (χ2n) is 6.29. The van der Waals surface area contributed by atoms with Crippen molar-refractivity contribution in [2.24, 2.45) is 0 Å². The molecule has 2 amide bonds. The van der Waals surface area contributed by atoms with E-state index in [-0.39, 0.29) is 33.5 Å². The molecule has 0 aliphatic rings. The number of carbonyl (C=O) groups is 2. The summed E-state index contributed by atoms with van der Waals surface area (Å²) in [7, 11) is 3.31. The molecule has 0 aliphatic heterocycles. The maximum absolute atomic E-state index is 14.3. The second-order valence-corrected chi connectivity index (χ2v) is 6.70. The van der Waals surface area contributed by atoms with Crippen molar-refractivity contribution in [2.45, 2.75) is 6.92 Å². The smallest absolute Gasteiger partial charge is 0.261 e. The van der Waals surface area contributed by atoms with Crippen LogP contribution in [0.2, 0.25) is 5.02 Å². The zero-order chi connectivity index (χ0) is 20.4. The van der Waals surface area contributed by atoms with Gasteiger partial charge in [-0.15, -0.1) is 0 Å². The van der Waals surface area contributed by atoms with Gasteiger partial charge >= 0.3 is 0 Å². The number of nitrogens with one attached hydrogen (secondary N) is 1. The standard InChI is InChI=1S/C20H17ClFN3O3/c1-11-16(18(24-28-11)17-14(21)5-4-6-15(17)22)19(26)23-13-9-7-12(8-10-13)20(27)25(2)3/h4-10H,1-3H3,(H,23,26). The summed E-state index contributed by atoms with van der Waals surface area (Å²) >= 11 is 6.09. The first-order valence-corrected chi connectivity index (χ1v) is 8.71. The van der Waals surface area contributed by atoms with Crippen molar-refractivity contribution in [3.05, 3.63) is 70.2 Å². The predicted molar refractivity (Wildman–Crippen MR) is 104 cm³/mol. The zero-order valence-corrected chi connectivity index (χ0v) is 16.2. The molecule has 0 saturated heterocycles. The van der Waals surface area contributed by atoms with Crippen molar-refractivity contribution in [2.75, 3.05) is 19.4 Å². The van der Waals surface area contributed by atoms with Gasteiger partial charge in [0, 0.05) is 25.3 Å². The molecule has 0 bridgehead atoms. The van der Waals surface area contributed by atoms with Crippen LogP contribution in [-0.2, 0) is 0 Å². The Kier molecular flexibility index (Phi) is 5.46. The summed E-state index contributed by atoms with van der Waals surface area (Å²) in [6, 6.07) is 10.6. The van der Waals surface area contributed by atoms with Gasteiger partial charge in [-0.1, -0.05) is 22.8 Å². The summed E-state index contributed by atoms with van der Waals surface area (Å²) in [5, 5.41) is 6.64. The Morgan fingerprint density at radius 1 is 1.14 bits per heavy atom. The van der Waals surface area contributed by atoms with Crippen LogP contribution >= 0.6 is 11.6 Å². The van der Waals surface area contributed by atoms with Crippen LogP contribution in [-0.4, -0.2) is 36.0 Å². The van der Waals surface area contributed by atoms with E-state index in [4.69, 9.17) is 16.1 Å². The van der Waals surface area contributed by atoms with Gasteiger partial charge in [-0.2, -0.15) is 0 Å². The molecular weight excluding hydrogens is 385 g/mol. The monoisotopic (exact) mass is 401 g/mol. The Bertz CT molecular complexity index is 1030. The van der Waals surface area contributed by atoms with E-state index in [1.165, 1.54) is 23.1 Å². The lowest BCUT2D eigenvalue weighted by molar-refractivity contribution is 0.0827. The number of aryl methyl sites for hydroxylation is 1. The fraction of sp³-hybridized carbons (Fsp3) is 0.150. The molecule has 0 spiro atoms. The van der Waals surface area contributed by atoms with E-state index in [2.05, 4.69) is 10.5 Å². The minimum Gasteiger partial charge on any atom is -0.360 e. The van der Waals surface area contributed by atoms with Crippen LogP contribution in [0.15, 0.2) is 47.0 Å². The van der Waals surface area contributed by atoms with Crippen molar-refractivity contribution in [3.63, 3.8) is 0 Å². The number of hydrogen-bond acceptors (Lipinski definition) is 4. The van der Waals surface area contributed by atoms with Crippen LogP contribution in [0.4, 0.5) is 10.1 Å². The van der Waals surface area contributed by atoms with Crippen molar-refractivity contribution >= 4 is 29.1 Å². The number of benzene rings is 2. The first-order valence-electron chi connectivity index (χ1n) is 8.33. The molecule has 1 aromatic heterocycles. The van der Waals surface area contributed by atoms with E-state index in [9.17, 15) is 14.0 Å². The van der Waals surface area contributed by atoms with Gasteiger partial charge in [0.1, 0.15) is 22.8 Å². The number of hydrogen-bond donors (Lipinski definition) is 1. The van der Waals surface area contributed by atoms with Crippen molar-refractivity contribution in [1.82, 2.24) is 10.1 Å². The number of aromatic nitrogens is 1. The first-order chi connectivity index (χ1) is 13.3. The van der Waals surface area contributed by atoms with E-state index in [0.29, 0.717) is 11.3 Å². The molecule has 2 aromatic carbocycles. The number of anilines is 1. The van der Waals surface area contributed by atoms with Gasteiger partial charge < -0.3 is 14.7 Å². The van der Waals surface area contributed by atoms with Crippen LogP contribution in [0, 0.1) is 12.7 Å². The number of nitrogens with zero attached hydrogens (tertiary/aromatic N) is 2. The zero-order valence-electron chi connectivity index (χ0n) is 15.4. The van der Waals surface area contributed by atoms with Gasteiger partial charge in [0.2, 0.25) is 0 Å². The van der Waals surface area contributed by atoms with Crippen molar-refractivity contribution in [3.8, 4) is 11.3 Å². The first kappa shape index (κ1) is 19.6. The highest BCUT2D eigenvalue weighted by Gasteiger charge is 2.25. The lowest BCUT2D eigenvalue weighted by Gasteiger charge is -2.11. The van der Waals surface area contributed by atoms with E-state index in [1.807, 2.05) is 0 Å². The Morgan fingerprint density at radius 3 is 2.43 bits per heavy atom. The molecule has 0 radical (unpaired) electrons. The van der Waals surface area contributed by atoms with E-state index >= 15 is 0 Å². The lowest BCUT2D eigenvalue weighted by Crippen LogP contribution is -2.21. The molecule has 28 heavy (non-hydrogen) atoms. The van der Waals surface area contributed by atoms with E-state index < -0.39 is 11.7 Å². The fourth-order valence-corrected chi connectivity index (χ4v) is 2.93. The number of rotatable bonds is 4. The summed E-state index contributed by atoms with van der Waals surface area (Å²) in [6.07, 6.45) is 0. The summed E-state index contributed by atoms with van der Waals surface area (Å²) in [4.78, 5) is 26.2. The van der Waals surface area contributed by atoms with Crippen molar-refractivity contribution in [1.29, 1.82) is 0 Å². The minimum absolute atomic E-state index is 0.00176. The summed E-state index contributed by atoms with van der Waals surface area (Å²) in [5.41, 5.74) is 1.06. The van der Waals surface area contributed by atoms with E-state index in [1.54, 1.807) is 45.3 Å². The average Bonchev–Trinajstić information content (AvgIpc) is 3.03. The van der Waals surface area contributed by atoms with Crippen LogP contribution in [0.1, 0.15) is 26.5 Å². The average molecular weight is 402 g/mol. The Labute approximate surface area is 165 Å². The van der Waals surface area contributed by atoms with Crippen LogP contribution < -0.4 is 5.32 Å². The molecule has 0 fully saturated rings. The normalized spacial score (nSPS) is 10.6. The highest BCUT2D eigenvalue weighted by Crippen LogP contribution is 2.33.